The van der Waals surface area contributed by atoms with Gasteiger partial charge < -0.3 is 0 Å². The van der Waals surface area contributed by atoms with Crippen molar-refractivity contribution in [2.45, 2.75) is 31.8 Å². The summed E-state index contributed by atoms with van der Waals surface area (Å²) >= 11 is 0. The van der Waals surface area contributed by atoms with Crippen LogP contribution in [0.25, 0.3) is 11.0 Å². The summed E-state index contributed by atoms with van der Waals surface area (Å²) in [4.78, 5) is 17.8. The molecule has 5 aromatic rings. The van der Waals surface area contributed by atoms with Crippen molar-refractivity contribution in [1.29, 1.82) is 0 Å². The van der Waals surface area contributed by atoms with Crippen LogP contribution >= 0.6 is 0 Å². The van der Waals surface area contributed by atoms with Crippen LogP contribution in [0.1, 0.15) is 35.6 Å². The molecule has 0 aliphatic carbocycles. The van der Waals surface area contributed by atoms with E-state index in [1.165, 1.54) is 24.3 Å². The first-order valence-electron chi connectivity index (χ1n) is 11.7. The molecule has 0 atom stereocenters. The summed E-state index contributed by atoms with van der Waals surface area (Å²) in [5, 5.41) is 0. The molecule has 0 bridgehead atoms. The van der Waals surface area contributed by atoms with Crippen molar-refractivity contribution in [2.75, 3.05) is 0 Å². The van der Waals surface area contributed by atoms with Gasteiger partial charge in [-0.3, -0.25) is 14.1 Å². The second-order valence-electron chi connectivity index (χ2n) is 8.63. The molecule has 0 aliphatic rings. The van der Waals surface area contributed by atoms with Crippen molar-refractivity contribution >= 4 is 11.0 Å². The van der Waals surface area contributed by atoms with Crippen LogP contribution in [0.15, 0.2) is 102 Å². The van der Waals surface area contributed by atoms with Gasteiger partial charge in [0.05, 0.1) is 23.3 Å². The van der Waals surface area contributed by atoms with E-state index in [4.69, 9.17) is 0 Å². The lowest BCUT2D eigenvalue weighted by Crippen LogP contribution is -2.25. The largest absolute Gasteiger partial charge is 0.329 e. The van der Waals surface area contributed by atoms with Crippen LogP contribution in [0.2, 0.25) is 0 Å². The van der Waals surface area contributed by atoms with Crippen LogP contribution in [-0.2, 0) is 13.1 Å². The lowest BCUT2D eigenvalue weighted by atomic mass is 9.87. The summed E-state index contributed by atoms with van der Waals surface area (Å²) in [6.45, 7) is 0.939. The summed E-state index contributed by atoms with van der Waals surface area (Å²) in [5.41, 5.74) is 4.43. The number of pyridine rings is 1. The predicted octanol–water partition coefficient (Wildman–Crippen LogP) is 6.14. The topological polar surface area (TPSA) is 39.8 Å². The first-order chi connectivity index (χ1) is 17.1. The predicted molar refractivity (Wildman–Crippen MR) is 133 cm³/mol. The van der Waals surface area contributed by atoms with Gasteiger partial charge in [0.15, 0.2) is 0 Å². The summed E-state index contributed by atoms with van der Waals surface area (Å²) < 4.78 is 30.6. The van der Waals surface area contributed by atoms with Crippen molar-refractivity contribution in [1.82, 2.24) is 14.1 Å². The summed E-state index contributed by atoms with van der Waals surface area (Å²) in [5.74, 6) is -0.619. The first-order valence-corrected chi connectivity index (χ1v) is 11.7. The molecular weight excluding hydrogens is 444 g/mol. The van der Waals surface area contributed by atoms with E-state index in [1.807, 2.05) is 47.0 Å². The van der Waals surface area contributed by atoms with E-state index in [-0.39, 0.29) is 23.2 Å². The highest BCUT2D eigenvalue weighted by molar-refractivity contribution is 5.76. The highest BCUT2D eigenvalue weighted by Gasteiger charge is 2.17. The van der Waals surface area contributed by atoms with Gasteiger partial charge >= 0.3 is 5.69 Å². The number of hydrogen-bond donors (Lipinski definition) is 0. The molecule has 0 radical (unpaired) electrons. The molecule has 0 N–H and O–H groups in total. The number of benzene rings is 3. The molecule has 4 nitrogen and oxygen atoms in total. The molecule has 35 heavy (non-hydrogen) atoms. The number of aromatic nitrogens is 3. The maximum atomic E-state index is 13.5. The number of imidazole rings is 1. The SMILES string of the molecule is O=c1n(CCCC(c2ccc(F)cc2)c2ccc(F)cc2)c2ccccc2n1Cc1ccccn1. The lowest BCUT2D eigenvalue weighted by Gasteiger charge is -2.18. The normalized spacial score (nSPS) is 11.4. The quantitative estimate of drug-likeness (QED) is 0.274. The monoisotopic (exact) mass is 469 g/mol. The van der Waals surface area contributed by atoms with Crippen LogP contribution in [0, 0.1) is 11.6 Å². The van der Waals surface area contributed by atoms with Gasteiger partial charge in [0.2, 0.25) is 0 Å². The van der Waals surface area contributed by atoms with Crippen molar-refractivity contribution in [3.8, 4) is 0 Å². The zero-order valence-corrected chi connectivity index (χ0v) is 19.1. The Morgan fingerprint density at radius 2 is 1.29 bits per heavy atom. The standard InChI is InChI=1S/C29H25F2N3O/c30-23-14-10-21(11-15-23)26(22-12-16-24(31)17-13-22)7-5-19-33-27-8-1-2-9-28(27)34(29(33)35)20-25-6-3-4-18-32-25/h1-4,6,8-18,26H,5,7,19-20H2. The van der Waals surface area contributed by atoms with E-state index in [9.17, 15) is 13.6 Å². The Labute approximate surface area is 202 Å². The van der Waals surface area contributed by atoms with Crippen LogP contribution < -0.4 is 5.69 Å². The molecular formula is C29H25F2N3O. The molecule has 0 spiro atoms. The van der Waals surface area contributed by atoms with Gasteiger partial charge in [0.25, 0.3) is 0 Å². The fourth-order valence-electron chi connectivity index (χ4n) is 4.66. The maximum absolute atomic E-state index is 13.5. The lowest BCUT2D eigenvalue weighted by molar-refractivity contribution is 0.561. The smallest absolute Gasteiger partial charge is 0.292 e. The molecule has 0 unspecified atom stereocenters. The number of aryl methyl sites for hydroxylation is 1. The van der Waals surface area contributed by atoms with E-state index in [1.54, 1.807) is 35.0 Å². The summed E-state index contributed by atoms with van der Waals surface area (Å²) in [7, 11) is 0. The Hall–Kier alpha value is -4.06. The minimum absolute atomic E-state index is 0.0335. The Morgan fingerprint density at radius 1 is 0.714 bits per heavy atom. The third-order valence-corrected chi connectivity index (χ3v) is 6.39. The van der Waals surface area contributed by atoms with Crippen molar-refractivity contribution < 1.29 is 8.78 Å². The maximum Gasteiger partial charge on any atom is 0.329 e. The van der Waals surface area contributed by atoms with Gasteiger partial charge in [-0.05, 0) is 72.5 Å². The number of hydrogen-bond acceptors (Lipinski definition) is 2. The fourth-order valence-corrected chi connectivity index (χ4v) is 4.66. The minimum atomic E-state index is -0.293. The van der Waals surface area contributed by atoms with Crippen molar-refractivity contribution in [3.63, 3.8) is 0 Å². The molecule has 176 valence electrons. The van der Waals surface area contributed by atoms with Gasteiger partial charge in [-0.15, -0.1) is 0 Å². The highest BCUT2D eigenvalue weighted by atomic mass is 19.1. The third-order valence-electron chi connectivity index (χ3n) is 6.39. The molecule has 2 aromatic heterocycles. The Bertz CT molecular complexity index is 1430. The van der Waals surface area contributed by atoms with Crippen LogP contribution in [0.5, 0.6) is 0 Å². The second kappa shape index (κ2) is 10.1. The number of halogens is 2. The van der Waals surface area contributed by atoms with E-state index in [0.717, 1.165) is 40.7 Å². The van der Waals surface area contributed by atoms with Crippen LogP contribution in [-0.4, -0.2) is 14.1 Å². The average molecular weight is 470 g/mol. The number of fused-ring (bicyclic) bond motifs is 1. The van der Waals surface area contributed by atoms with Gasteiger partial charge in [0.1, 0.15) is 11.6 Å². The molecule has 0 aliphatic heterocycles. The zero-order chi connectivity index (χ0) is 24.2. The fraction of sp³-hybridized carbons (Fsp3) is 0.172. The Morgan fingerprint density at radius 3 is 1.86 bits per heavy atom. The van der Waals surface area contributed by atoms with E-state index < -0.39 is 0 Å². The van der Waals surface area contributed by atoms with Crippen molar-refractivity contribution in [2.24, 2.45) is 0 Å². The molecule has 2 heterocycles. The van der Waals surface area contributed by atoms with E-state index >= 15 is 0 Å². The van der Waals surface area contributed by atoms with Gasteiger partial charge in [0, 0.05) is 18.7 Å². The minimum Gasteiger partial charge on any atom is -0.292 e. The third kappa shape index (κ3) is 4.92. The zero-order valence-electron chi connectivity index (χ0n) is 19.1. The molecule has 5 rings (SSSR count). The summed E-state index contributed by atoms with van der Waals surface area (Å²) in [6, 6.07) is 26.3. The molecule has 3 aromatic carbocycles. The van der Waals surface area contributed by atoms with E-state index in [2.05, 4.69) is 4.98 Å². The Kier molecular flexibility index (Phi) is 6.53. The Balaban J connectivity index is 1.42. The molecule has 0 saturated heterocycles. The number of rotatable bonds is 8. The van der Waals surface area contributed by atoms with Gasteiger partial charge in [-0.2, -0.15) is 0 Å². The van der Waals surface area contributed by atoms with Gasteiger partial charge in [-0.25, -0.2) is 13.6 Å². The second-order valence-corrected chi connectivity index (χ2v) is 8.63. The van der Waals surface area contributed by atoms with E-state index in [0.29, 0.717) is 13.1 Å². The molecule has 0 saturated carbocycles. The average Bonchev–Trinajstić information content (AvgIpc) is 3.15. The highest BCUT2D eigenvalue weighted by Crippen LogP contribution is 2.30. The van der Waals surface area contributed by atoms with Crippen LogP contribution in [0.4, 0.5) is 8.78 Å². The molecule has 0 fully saturated rings. The number of para-hydroxylation sites is 2. The van der Waals surface area contributed by atoms with Crippen molar-refractivity contribution in [3.05, 3.63) is 136 Å². The van der Waals surface area contributed by atoms with Crippen LogP contribution in [0.3, 0.4) is 0 Å². The first kappa shape index (κ1) is 22.7. The van der Waals surface area contributed by atoms with Gasteiger partial charge in [-0.1, -0.05) is 42.5 Å². The number of nitrogens with zero attached hydrogens (tertiary/aromatic N) is 3. The molecule has 0 amide bonds. The summed E-state index contributed by atoms with van der Waals surface area (Å²) in [6.07, 6.45) is 3.17. The molecule has 6 heteroatoms.